The van der Waals surface area contributed by atoms with Crippen molar-refractivity contribution in [3.8, 4) is 11.1 Å². The summed E-state index contributed by atoms with van der Waals surface area (Å²) in [5.74, 6) is 0. The van der Waals surface area contributed by atoms with Gasteiger partial charge < -0.3 is 0 Å². The summed E-state index contributed by atoms with van der Waals surface area (Å²) >= 11 is 7.66. The number of thiophene rings is 1. The minimum Gasteiger partial charge on any atom is -0.245 e. The standard InChI is InChI=1S/C13H8ClNS/c14-10-4-1-3-9(7-10)12-8-16-13-11(12)5-2-6-15-13/h1-8H. The third-order valence-corrected chi connectivity index (χ3v) is 3.62. The Morgan fingerprint density at radius 2 is 2.06 bits per heavy atom. The van der Waals surface area contributed by atoms with E-state index >= 15 is 0 Å². The van der Waals surface area contributed by atoms with Crippen molar-refractivity contribution >= 4 is 33.2 Å². The molecule has 3 aromatic rings. The highest BCUT2D eigenvalue weighted by atomic mass is 35.5. The second kappa shape index (κ2) is 3.89. The Kier molecular flexibility index (Phi) is 2.39. The third kappa shape index (κ3) is 1.60. The van der Waals surface area contributed by atoms with Crippen molar-refractivity contribution in [1.82, 2.24) is 4.98 Å². The van der Waals surface area contributed by atoms with Crippen LogP contribution >= 0.6 is 22.9 Å². The molecular formula is C13H8ClNS. The molecule has 16 heavy (non-hydrogen) atoms. The van der Waals surface area contributed by atoms with Gasteiger partial charge in [-0.3, -0.25) is 0 Å². The smallest absolute Gasteiger partial charge is 0.123 e. The SMILES string of the molecule is Clc1cccc(-c2csc3ncccc23)c1. The van der Waals surface area contributed by atoms with Crippen LogP contribution in [-0.2, 0) is 0 Å². The summed E-state index contributed by atoms with van der Waals surface area (Å²) in [7, 11) is 0. The molecule has 0 atom stereocenters. The van der Waals surface area contributed by atoms with E-state index in [-0.39, 0.29) is 0 Å². The minimum atomic E-state index is 0.765. The van der Waals surface area contributed by atoms with Gasteiger partial charge in [-0.25, -0.2) is 4.98 Å². The van der Waals surface area contributed by atoms with Crippen LogP contribution in [0.2, 0.25) is 5.02 Å². The molecule has 0 N–H and O–H groups in total. The lowest BCUT2D eigenvalue weighted by atomic mass is 10.1. The Bertz CT molecular complexity index is 645. The molecule has 0 bridgehead atoms. The number of rotatable bonds is 1. The normalized spacial score (nSPS) is 10.8. The van der Waals surface area contributed by atoms with E-state index in [1.165, 1.54) is 10.9 Å². The molecule has 0 amide bonds. The Balaban J connectivity index is 2.26. The average Bonchev–Trinajstić information content (AvgIpc) is 2.72. The van der Waals surface area contributed by atoms with Gasteiger partial charge in [0.05, 0.1) is 0 Å². The summed E-state index contributed by atoms with van der Waals surface area (Å²) in [5.41, 5.74) is 2.35. The molecule has 0 unspecified atom stereocenters. The van der Waals surface area contributed by atoms with E-state index in [2.05, 4.69) is 22.5 Å². The second-order valence-corrected chi connectivity index (χ2v) is 4.81. The zero-order chi connectivity index (χ0) is 11.0. The van der Waals surface area contributed by atoms with E-state index in [0.717, 1.165) is 15.4 Å². The number of hydrogen-bond donors (Lipinski definition) is 0. The Morgan fingerprint density at radius 3 is 2.94 bits per heavy atom. The van der Waals surface area contributed by atoms with Crippen LogP contribution in [0, 0.1) is 0 Å². The van der Waals surface area contributed by atoms with E-state index in [9.17, 15) is 0 Å². The van der Waals surface area contributed by atoms with Gasteiger partial charge in [-0.2, -0.15) is 0 Å². The summed E-state index contributed by atoms with van der Waals surface area (Å²) in [6, 6.07) is 12.0. The van der Waals surface area contributed by atoms with Crippen molar-refractivity contribution in [3.05, 3.63) is 53.0 Å². The number of pyridine rings is 1. The molecule has 0 aliphatic rings. The largest absolute Gasteiger partial charge is 0.245 e. The first-order valence-corrected chi connectivity index (χ1v) is 6.18. The molecule has 2 aromatic heterocycles. The van der Waals surface area contributed by atoms with Crippen molar-refractivity contribution < 1.29 is 0 Å². The number of halogens is 1. The summed E-state index contributed by atoms with van der Waals surface area (Å²) in [4.78, 5) is 5.40. The number of benzene rings is 1. The van der Waals surface area contributed by atoms with E-state index < -0.39 is 0 Å². The maximum atomic E-state index is 6.00. The highest BCUT2D eigenvalue weighted by Gasteiger charge is 2.06. The molecule has 0 radical (unpaired) electrons. The lowest BCUT2D eigenvalue weighted by Crippen LogP contribution is -1.76. The van der Waals surface area contributed by atoms with Gasteiger partial charge in [0.15, 0.2) is 0 Å². The molecule has 1 aromatic carbocycles. The highest BCUT2D eigenvalue weighted by molar-refractivity contribution is 7.17. The number of fused-ring (bicyclic) bond motifs is 1. The van der Waals surface area contributed by atoms with Crippen molar-refractivity contribution in [2.45, 2.75) is 0 Å². The predicted molar refractivity (Wildman–Crippen MR) is 70.1 cm³/mol. The average molecular weight is 246 g/mol. The van der Waals surface area contributed by atoms with Crippen molar-refractivity contribution in [1.29, 1.82) is 0 Å². The monoisotopic (exact) mass is 245 g/mol. The van der Waals surface area contributed by atoms with Crippen molar-refractivity contribution in [3.63, 3.8) is 0 Å². The van der Waals surface area contributed by atoms with Crippen LogP contribution in [0.25, 0.3) is 21.3 Å². The van der Waals surface area contributed by atoms with Crippen LogP contribution in [0.5, 0.6) is 0 Å². The maximum Gasteiger partial charge on any atom is 0.123 e. The number of nitrogens with zero attached hydrogens (tertiary/aromatic N) is 1. The van der Waals surface area contributed by atoms with Gasteiger partial charge >= 0.3 is 0 Å². The molecule has 0 saturated heterocycles. The van der Waals surface area contributed by atoms with E-state index in [0.29, 0.717) is 0 Å². The van der Waals surface area contributed by atoms with Gasteiger partial charge in [0.25, 0.3) is 0 Å². The fraction of sp³-hybridized carbons (Fsp3) is 0. The van der Waals surface area contributed by atoms with Crippen LogP contribution in [0.15, 0.2) is 48.0 Å². The molecule has 0 spiro atoms. The van der Waals surface area contributed by atoms with E-state index in [1.807, 2.05) is 30.5 Å². The molecule has 1 nitrogen and oxygen atoms in total. The Hall–Kier alpha value is -1.38. The molecule has 2 heterocycles. The molecule has 3 heteroatoms. The van der Waals surface area contributed by atoms with Gasteiger partial charge in [-0.05, 0) is 29.8 Å². The van der Waals surface area contributed by atoms with E-state index in [1.54, 1.807) is 11.3 Å². The maximum absolute atomic E-state index is 6.00. The van der Waals surface area contributed by atoms with Gasteiger partial charge in [-0.1, -0.05) is 23.7 Å². The van der Waals surface area contributed by atoms with Gasteiger partial charge in [0.1, 0.15) is 4.83 Å². The first-order valence-electron chi connectivity index (χ1n) is 4.93. The lowest BCUT2D eigenvalue weighted by Gasteiger charge is -1.99. The molecule has 0 aliphatic carbocycles. The predicted octanol–water partition coefficient (Wildman–Crippen LogP) is 4.62. The highest BCUT2D eigenvalue weighted by Crippen LogP contribution is 2.33. The summed E-state index contributed by atoms with van der Waals surface area (Å²) < 4.78 is 0. The Morgan fingerprint density at radius 1 is 1.12 bits per heavy atom. The molecule has 3 rings (SSSR count). The quantitative estimate of drug-likeness (QED) is 0.610. The fourth-order valence-electron chi connectivity index (χ4n) is 1.75. The van der Waals surface area contributed by atoms with Gasteiger partial charge in [0.2, 0.25) is 0 Å². The number of aromatic nitrogens is 1. The minimum absolute atomic E-state index is 0.765. The topological polar surface area (TPSA) is 12.9 Å². The van der Waals surface area contributed by atoms with Crippen LogP contribution in [0.1, 0.15) is 0 Å². The summed E-state index contributed by atoms with van der Waals surface area (Å²) in [6.45, 7) is 0. The molecule has 0 saturated carbocycles. The molecule has 78 valence electrons. The summed E-state index contributed by atoms with van der Waals surface area (Å²) in [5, 5.41) is 4.08. The second-order valence-electron chi connectivity index (χ2n) is 3.52. The fourth-order valence-corrected chi connectivity index (χ4v) is 2.86. The first kappa shape index (κ1) is 9.82. The van der Waals surface area contributed by atoms with Crippen LogP contribution < -0.4 is 0 Å². The first-order chi connectivity index (χ1) is 7.84. The van der Waals surface area contributed by atoms with Crippen LogP contribution in [0.4, 0.5) is 0 Å². The van der Waals surface area contributed by atoms with Crippen LogP contribution in [-0.4, -0.2) is 4.98 Å². The van der Waals surface area contributed by atoms with Gasteiger partial charge in [0, 0.05) is 27.5 Å². The van der Waals surface area contributed by atoms with Gasteiger partial charge in [-0.15, -0.1) is 11.3 Å². The molecule has 0 fully saturated rings. The van der Waals surface area contributed by atoms with Crippen LogP contribution in [0.3, 0.4) is 0 Å². The number of hydrogen-bond acceptors (Lipinski definition) is 2. The summed E-state index contributed by atoms with van der Waals surface area (Å²) in [6.07, 6.45) is 1.82. The van der Waals surface area contributed by atoms with Crippen molar-refractivity contribution in [2.24, 2.45) is 0 Å². The lowest BCUT2D eigenvalue weighted by molar-refractivity contribution is 1.45. The zero-order valence-corrected chi connectivity index (χ0v) is 9.92. The molecule has 0 aliphatic heterocycles. The Labute approximate surface area is 102 Å². The zero-order valence-electron chi connectivity index (χ0n) is 8.35. The van der Waals surface area contributed by atoms with Crippen molar-refractivity contribution in [2.75, 3.05) is 0 Å². The third-order valence-electron chi connectivity index (χ3n) is 2.49. The molecular weight excluding hydrogens is 238 g/mol. The van der Waals surface area contributed by atoms with E-state index in [4.69, 9.17) is 11.6 Å².